The van der Waals surface area contributed by atoms with Crippen LogP contribution in [0.25, 0.3) is 11.4 Å². The molecule has 1 aromatic heterocycles. The van der Waals surface area contributed by atoms with Gasteiger partial charge in [0.05, 0.1) is 13.1 Å². The van der Waals surface area contributed by atoms with Gasteiger partial charge in [0, 0.05) is 10.0 Å². The van der Waals surface area contributed by atoms with Gasteiger partial charge in [-0.25, -0.2) is 4.39 Å². The van der Waals surface area contributed by atoms with Crippen LogP contribution in [0.4, 0.5) is 17.6 Å². The van der Waals surface area contributed by atoms with Crippen molar-refractivity contribution in [2.45, 2.75) is 12.7 Å². The van der Waals surface area contributed by atoms with Crippen molar-refractivity contribution in [3.05, 3.63) is 34.4 Å². The molecule has 0 bridgehead atoms. The zero-order chi connectivity index (χ0) is 14.8. The Morgan fingerprint density at radius 1 is 1.30 bits per heavy atom. The molecule has 0 spiro atoms. The van der Waals surface area contributed by atoms with E-state index in [-0.39, 0.29) is 18.3 Å². The van der Waals surface area contributed by atoms with Gasteiger partial charge in [-0.15, -0.1) is 0 Å². The van der Waals surface area contributed by atoms with Crippen molar-refractivity contribution >= 4 is 15.9 Å². The van der Waals surface area contributed by atoms with E-state index in [2.05, 4.69) is 31.4 Å². The van der Waals surface area contributed by atoms with E-state index in [9.17, 15) is 17.6 Å². The number of nitrogens with one attached hydrogen (secondary N) is 1. The summed E-state index contributed by atoms with van der Waals surface area (Å²) >= 11 is 3.20. The van der Waals surface area contributed by atoms with E-state index in [1.807, 2.05) is 0 Å². The summed E-state index contributed by atoms with van der Waals surface area (Å²) in [6.07, 6.45) is -4.31. The van der Waals surface area contributed by atoms with Crippen LogP contribution in [0.15, 0.2) is 27.2 Å². The lowest BCUT2D eigenvalue weighted by Gasteiger charge is -2.05. The number of hydrogen-bond acceptors (Lipinski definition) is 4. The number of benzene rings is 1. The largest absolute Gasteiger partial charge is 0.401 e. The fourth-order valence-electron chi connectivity index (χ4n) is 1.42. The van der Waals surface area contributed by atoms with Gasteiger partial charge in [-0.2, -0.15) is 18.2 Å². The molecule has 0 unspecified atom stereocenters. The first kappa shape index (κ1) is 14.9. The molecule has 1 aromatic carbocycles. The molecule has 108 valence electrons. The minimum Gasteiger partial charge on any atom is -0.338 e. The first-order valence-corrected chi connectivity index (χ1v) is 6.20. The molecule has 4 nitrogen and oxygen atoms in total. The van der Waals surface area contributed by atoms with Gasteiger partial charge in [0.15, 0.2) is 0 Å². The summed E-state index contributed by atoms with van der Waals surface area (Å²) in [6.45, 7) is -1.38. The van der Waals surface area contributed by atoms with E-state index >= 15 is 0 Å². The predicted octanol–water partition coefficient (Wildman–Crippen LogP) is 3.29. The maximum absolute atomic E-state index is 13.1. The summed E-state index contributed by atoms with van der Waals surface area (Å²) in [4.78, 5) is 3.90. The van der Waals surface area contributed by atoms with Crippen molar-refractivity contribution in [1.29, 1.82) is 0 Å². The highest BCUT2D eigenvalue weighted by molar-refractivity contribution is 9.10. The molecule has 0 aliphatic carbocycles. The van der Waals surface area contributed by atoms with Crippen LogP contribution in [0.2, 0.25) is 0 Å². The quantitative estimate of drug-likeness (QED) is 0.857. The topological polar surface area (TPSA) is 51.0 Å². The van der Waals surface area contributed by atoms with Gasteiger partial charge < -0.3 is 9.84 Å². The first-order valence-electron chi connectivity index (χ1n) is 5.40. The van der Waals surface area contributed by atoms with Crippen molar-refractivity contribution in [3.8, 4) is 11.4 Å². The molecule has 0 amide bonds. The van der Waals surface area contributed by atoms with Crippen LogP contribution in [-0.4, -0.2) is 22.9 Å². The summed E-state index contributed by atoms with van der Waals surface area (Å²) in [5, 5.41) is 5.72. The summed E-state index contributed by atoms with van der Waals surface area (Å²) in [5.41, 5.74) is 0.357. The van der Waals surface area contributed by atoms with Gasteiger partial charge in [0.2, 0.25) is 11.7 Å². The Balaban J connectivity index is 2.07. The Labute approximate surface area is 119 Å². The lowest BCUT2D eigenvalue weighted by molar-refractivity contribution is -0.125. The molecule has 0 radical (unpaired) electrons. The minimum absolute atomic E-state index is 0.0135. The molecule has 0 saturated heterocycles. The lowest BCUT2D eigenvalue weighted by atomic mass is 10.2. The number of nitrogens with zero attached hydrogens (tertiary/aromatic N) is 2. The predicted molar refractivity (Wildman–Crippen MR) is 65.2 cm³/mol. The third kappa shape index (κ3) is 4.01. The molecule has 9 heteroatoms. The second kappa shape index (κ2) is 5.88. The minimum atomic E-state index is -4.31. The van der Waals surface area contributed by atoms with Crippen LogP contribution in [0, 0.1) is 5.82 Å². The number of halogens is 5. The highest BCUT2D eigenvalue weighted by Gasteiger charge is 2.26. The lowest BCUT2D eigenvalue weighted by Crippen LogP contribution is -2.28. The molecule has 20 heavy (non-hydrogen) atoms. The third-order valence-electron chi connectivity index (χ3n) is 2.24. The molecule has 0 aliphatic heterocycles. The molecular formula is C11H8BrF4N3O. The number of rotatable bonds is 4. The summed E-state index contributed by atoms with van der Waals surface area (Å²) in [5.74, 6) is -0.398. The van der Waals surface area contributed by atoms with Crippen LogP contribution in [0.3, 0.4) is 0 Å². The average Bonchev–Trinajstić information content (AvgIpc) is 2.79. The van der Waals surface area contributed by atoms with Gasteiger partial charge in [0.1, 0.15) is 5.82 Å². The molecule has 1 N–H and O–H groups in total. The van der Waals surface area contributed by atoms with Crippen LogP contribution in [0.5, 0.6) is 0 Å². The maximum atomic E-state index is 13.1. The third-order valence-corrected chi connectivity index (χ3v) is 2.93. The zero-order valence-corrected chi connectivity index (χ0v) is 11.4. The standard InChI is InChI=1S/C11H8BrF4N3O/c12-8-2-1-6(13)3-7(8)10-18-9(20-19-10)4-17-5-11(14,15)16/h1-3,17H,4-5H2. The Hall–Kier alpha value is -1.48. The van der Waals surface area contributed by atoms with E-state index in [4.69, 9.17) is 4.52 Å². The maximum Gasteiger partial charge on any atom is 0.401 e. The van der Waals surface area contributed by atoms with E-state index in [0.29, 0.717) is 10.0 Å². The van der Waals surface area contributed by atoms with Gasteiger partial charge in [-0.1, -0.05) is 21.1 Å². The summed E-state index contributed by atoms with van der Waals surface area (Å²) in [7, 11) is 0. The second-order valence-electron chi connectivity index (χ2n) is 3.85. The van der Waals surface area contributed by atoms with Crippen LogP contribution in [-0.2, 0) is 6.54 Å². The summed E-state index contributed by atoms with van der Waals surface area (Å²) < 4.78 is 54.3. The van der Waals surface area contributed by atoms with Crippen LogP contribution in [0.1, 0.15) is 5.89 Å². The first-order chi connectivity index (χ1) is 9.35. The molecule has 0 atom stereocenters. The van der Waals surface area contributed by atoms with E-state index in [1.54, 1.807) is 0 Å². The number of hydrogen-bond donors (Lipinski definition) is 1. The SMILES string of the molecule is Fc1ccc(Br)c(-c2noc(CNCC(F)(F)F)n2)c1. The zero-order valence-electron chi connectivity index (χ0n) is 9.84. The van der Waals surface area contributed by atoms with Crippen molar-refractivity contribution in [2.75, 3.05) is 6.54 Å². The Morgan fingerprint density at radius 2 is 2.05 bits per heavy atom. The molecular weight excluding hydrogens is 346 g/mol. The molecule has 2 rings (SSSR count). The van der Waals surface area contributed by atoms with Gasteiger partial charge >= 0.3 is 6.18 Å². The highest BCUT2D eigenvalue weighted by Crippen LogP contribution is 2.26. The van der Waals surface area contributed by atoms with E-state index in [0.717, 1.165) is 0 Å². The number of aromatic nitrogens is 2. The van der Waals surface area contributed by atoms with Crippen molar-refractivity contribution < 1.29 is 22.1 Å². The van der Waals surface area contributed by atoms with Gasteiger partial charge in [-0.05, 0) is 18.2 Å². The molecule has 1 heterocycles. The fraction of sp³-hybridized carbons (Fsp3) is 0.273. The van der Waals surface area contributed by atoms with Crippen LogP contribution < -0.4 is 5.32 Å². The van der Waals surface area contributed by atoms with E-state index in [1.165, 1.54) is 18.2 Å². The fourth-order valence-corrected chi connectivity index (χ4v) is 1.84. The van der Waals surface area contributed by atoms with Crippen molar-refractivity contribution in [3.63, 3.8) is 0 Å². The summed E-state index contributed by atoms with van der Waals surface area (Å²) in [6, 6.07) is 3.92. The van der Waals surface area contributed by atoms with Crippen molar-refractivity contribution in [2.24, 2.45) is 0 Å². The normalized spacial score (nSPS) is 11.8. The highest BCUT2D eigenvalue weighted by atomic mass is 79.9. The van der Waals surface area contributed by atoms with Gasteiger partial charge in [0.25, 0.3) is 0 Å². The second-order valence-corrected chi connectivity index (χ2v) is 4.71. The van der Waals surface area contributed by atoms with Crippen LogP contribution >= 0.6 is 15.9 Å². The van der Waals surface area contributed by atoms with Crippen molar-refractivity contribution in [1.82, 2.24) is 15.5 Å². The van der Waals surface area contributed by atoms with Gasteiger partial charge in [-0.3, -0.25) is 0 Å². The smallest absolute Gasteiger partial charge is 0.338 e. The molecule has 2 aromatic rings. The van der Waals surface area contributed by atoms with E-state index < -0.39 is 18.5 Å². The average molecular weight is 354 g/mol. The monoisotopic (exact) mass is 353 g/mol. The molecule has 0 fully saturated rings. The number of alkyl halides is 3. The Kier molecular flexibility index (Phi) is 4.39. The molecule has 0 saturated carbocycles. The Morgan fingerprint density at radius 3 is 2.75 bits per heavy atom. The Bertz CT molecular complexity index is 600. The molecule has 0 aliphatic rings.